The van der Waals surface area contributed by atoms with Crippen molar-refractivity contribution >= 4 is 5.91 Å². The number of hydrogen-bond acceptors (Lipinski definition) is 2. The molecule has 0 aliphatic carbocycles. The van der Waals surface area contributed by atoms with Gasteiger partial charge in [0, 0.05) is 13.5 Å². The minimum absolute atomic E-state index is 0.271. The number of hydroxylamine groups is 2. The standard InChI is InChI=1S/C16H17NO2/c1-17(19)16(18)12-9-13-7-10-15(11-8-13)14-5-3-2-4-6-14/h2-8,10-11,19H,9,12H2,1H3. The van der Waals surface area contributed by atoms with Crippen molar-refractivity contribution in [2.75, 3.05) is 7.05 Å². The lowest BCUT2D eigenvalue weighted by Gasteiger charge is -2.08. The molecule has 1 N–H and O–H groups in total. The molecule has 0 atom stereocenters. The maximum absolute atomic E-state index is 11.3. The van der Waals surface area contributed by atoms with Crippen molar-refractivity contribution in [1.29, 1.82) is 0 Å². The molecule has 0 bridgehead atoms. The van der Waals surface area contributed by atoms with Crippen molar-refractivity contribution in [3.05, 3.63) is 60.2 Å². The van der Waals surface area contributed by atoms with Gasteiger partial charge in [0.15, 0.2) is 0 Å². The molecule has 0 fully saturated rings. The first-order valence-electron chi connectivity index (χ1n) is 6.26. The number of rotatable bonds is 4. The Hall–Kier alpha value is -2.13. The normalized spacial score (nSPS) is 10.2. The molecular formula is C16H17NO2. The van der Waals surface area contributed by atoms with E-state index in [2.05, 4.69) is 24.3 Å². The summed E-state index contributed by atoms with van der Waals surface area (Å²) in [6, 6.07) is 18.3. The van der Waals surface area contributed by atoms with Crippen LogP contribution in [0.3, 0.4) is 0 Å². The zero-order valence-corrected chi connectivity index (χ0v) is 10.9. The minimum atomic E-state index is -0.271. The summed E-state index contributed by atoms with van der Waals surface area (Å²) in [5.74, 6) is -0.271. The third-order valence-corrected chi connectivity index (χ3v) is 3.05. The van der Waals surface area contributed by atoms with Crippen molar-refractivity contribution in [3.8, 4) is 11.1 Å². The van der Waals surface area contributed by atoms with Gasteiger partial charge in [-0.2, -0.15) is 0 Å². The van der Waals surface area contributed by atoms with E-state index in [1.54, 1.807) is 0 Å². The van der Waals surface area contributed by atoms with Crippen LogP contribution >= 0.6 is 0 Å². The summed E-state index contributed by atoms with van der Waals surface area (Å²) in [6.07, 6.45) is 0.955. The first-order valence-corrected chi connectivity index (χ1v) is 6.26. The smallest absolute Gasteiger partial charge is 0.245 e. The van der Waals surface area contributed by atoms with Crippen molar-refractivity contribution < 1.29 is 10.0 Å². The summed E-state index contributed by atoms with van der Waals surface area (Å²) >= 11 is 0. The molecule has 19 heavy (non-hydrogen) atoms. The Morgan fingerprint density at radius 3 is 2.16 bits per heavy atom. The van der Waals surface area contributed by atoms with Crippen LogP contribution in [0.15, 0.2) is 54.6 Å². The molecule has 0 heterocycles. The van der Waals surface area contributed by atoms with Crippen LogP contribution in [0.5, 0.6) is 0 Å². The Kier molecular flexibility index (Phi) is 4.31. The number of aryl methyl sites for hydroxylation is 1. The fourth-order valence-corrected chi connectivity index (χ4v) is 1.91. The molecule has 2 aromatic carbocycles. The molecule has 98 valence electrons. The van der Waals surface area contributed by atoms with E-state index in [4.69, 9.17) is 5.21 Å². The van der Waals surface area contributed by atoms with E-state index in [1.807, 2.05) is 30.3 Å². The van der Waals surface area contributed by atoms with Crippen LogP contribution in [-0.4, -0.2) is 23.2 Å². The highest BCUT2D eigenvalue weighted by atomic mass is 16.5. The second-order valence-corrected chi connectivity index (χ2v) is 4.48. The number of benzene rings is 2. The van der Waals surface area contributed by atoms with E-state index in [-0.39, 0.29) is 5.91 Å². The number of hydrogen-bond donors (Lipinski definition) is 1. The second kappa shape index (κ2) is 6.16. The second-order valence-electron chi connectivity index (χ2n) is 4.48. The highest BCUT2D eigenvalue weighted by Gasteiger charge is 2.05. The van der Waals surface area contributed by atoms with Gasteiger partial charge in [-0.1, -0.05) is 54.6 Å². The molecule has 0 saturated carbocycles. The summed E-state index contributed by atoms with van der Waals surface area (Å²) in [4.78, 5) is 11.3. The highest BCUT2D eigenvalue weighted by molar-refractivity contribution is 5.74. The van der Waals surface area contributed by atoms with Gasteiger partial charge in [0.25, 0.3) is 0 Å². The van der Waals surface area contributed by atoms with E-state index < -0.39 is 0 Å². The Labute approximate surface area is 113 Å². The summed E-state index contributed by atoms with van der Waals surface area (Å²) in [5, 5.41) is 9.61. The molecule has 0 radical (unpaired) electrons. The van der Waals surface area contributed by atoms with Crippen molar-refractivity contribution in [2.24, 2.45) is 0 Å². The summed E-state index contributed by atoms with van der Waals surface area (Å²) in [7, 11) is 1.35. The molecule has 0 unspecified atom stereocenters. The molecule has 0 saturated heterocycles. The van der Waals surface area contributed by atoms with Crippen LogP contribution in [0.1, 0.15) is 12.0 Å². The van der Waals surface area contributed by atoms with Crippen LogP contribution in [0.25, 0.3) is 11.1 Å². The van der Waals surface area contributed by atoms with Crippen LogP contribution < -0.4 is 0 Å². The molecule has 1 amide bonds. The third kappa shape index (κ3) is 3.66. The average Bonchev–Trinajstić information content (AvgIpc) is 2.46. The Bertz CT molecular complexity index is 532. The first kappa shape index (κ1) is 13.3. The molecular weight excluding hydrogens is 238 g/mol. The number of carbonyl (C=O) groups is 1. The molecule has 2 rings (SSSR count). The average molecular weight is 255 g/mol. The Morgan fingerprint density at radius 2 is 1.58 bits per heavy atom. The molecule has 0 aromatic heterocycles. The van der Waals surface area contributed by atoms with Gasteiger partial charge in [0.1, 0.15) is 0 Å². The van der Waals surface area contributed by atoms with Gasteiger partial charge in [-0.05, 0) is 23.1 Å². The molecule has 0 aliphatic heterocycles. The van der Waals surface area contributed by atoms with Gasteiger partial charge in [-0.25, -0.2) is 5.06 Å². The van der Waals surface area contributed by atoms with E-state index in [0.29, 0.717) is 17.9 Å². The van der Waals surface area contributed by atoms with Gasteiger partial charge < -0.3 is 0 Å². The van der Waals surface area contributed by atoms with Gasteiger partial charge >= 0.3 is 0 Å². The van der Waals surface area contributed by atoms with Crippen molar-refractivity contribution in [2.45, 2.75) is 12.8 Å². The fourth-order valence-electron chi connectivity index (χ4n) is 1.91. The van der Waals surface area contributed by atoms with Gasteiger partial charge in [-0.3, -0.25) is 10.0 Å². The molecule has 0 spiro atoms. The summed E-state index contributed by atoms with van der Waals surface area (Å²) in [6.45, 7) is 0. The molecule has 3 heteroatoms. The fraction of sp³-hybridized carbons (Fsp3) is 0.188. The highest BCUT2D eigenvalue weighted by Crippen LogP contribution is 2.19. The van der Waals surface area contributed by atoms with E-state index in [9.17, 15) is 4.79 Å². The maximum atomic E-state index is 11.3. The largest absolute Gasteiger partial charge is 0.286 e. The monoisotopic (exact) mass is 255 g/mol. The zero-order chi connectivity index (χ0) is 13.7. The zero-order valence-electron chi connectivity index (χ0n) is 10.9. The quantitative estimate of drug-likeness (QED) is 0.673. The Morgan fingerprint density at radius 1 is 1.00 bits per heavy atom. The predicted molar refractivity (Wildman–Crippen MR) is 74.8 cm³/mol. The lowest BCUT2D eigenvalue weighted by Crippen LogP contribution is -2.22. The predicted octanol–water partition coefficient (Wildman–Crippen LogP) is 3.13. The maximum Gasteiger partial charge on any atom is 0.245 e. The summed E-state index contributed by atoms with van der Waals surface area (Å²) < 4.78 is 0. The topological polar surface area (TPSA) is 40.5 Å². The third-order valence-electron chi connectivity index (χ3n) is 3.05. The van der Waals surface area contributed by atoms with E-state index >= 15 is 0 Å². The molecule has 0 aliphatic rings. The van der Waals surface area contributed by atoms with Gasteiger partial charge in [0.2, 0.25) is 5.91 Å². The summed E-state index contributed by atoms with van der Waals surface area (Å²) in [5.41, 5.74) is 3.44. The lowest BCUT2D eigenvalue weighted by molar-refractivity contribution is -0.159. The van der Waals surface area contributed by atoms with E-state index in [1.165, 1.54) is 12.6 Å². The van der Waals surface area contributed by atoms with Crippen LogP contribution in [-0.2, 0) is 11.2 Å². The van der Waals surface area contributed by atoms with E-state index in [0.717, 1.165) is 11.1 Å². The van der Waals surface area contributed by atoms with Crippen LogP contribution in [0, 0.1) is 0 Å². The SMILES string of the molecule is CN(O)C(=O)CCc1ccc(-c2ccccc2)cc1. The van der Waals surface area contributed by atoms with Crippen molar-refractivity contribution in [1.82, 2.24) is 5.06 Å². The molecule has 3 nitrogen and oxygen atoms in total. The number of amides is 1. The van der Waals surface area contributed by atoms with Crippen LogP contribution in [0.2, 0.25) is 0 Å². The first-order chi connectivity index (χ1) is 9.16. The number of carbonyl (C=O) groups excluding carboxylic acids is 1. The Balaban J connectivity index is 2.01. The van der Waals surface area contributed by atoms with Gasteiger partial charge in [-0.15, -0.1) is 0 Å². The minimum Gasteiger partial charge on any atom is -0.286 e. The molecule has 2 aromatic rings. The van der Waals surface area contributed by atoms with Crippen LogP contribution in [0.4, 0.5) is 0 Å². The lowest BCUT2D eigenvalue weighted by atomic mass is 10.0. The van der Waals surface area contributed by atoms with Crippen molar-refractivity contribution in [3.63, 3.8) is 0 Å². The number of nitrogens with zero attached hydrogens (tertiary/aromatic N) is 1. The van der Waals surface area contributed by atoms with Gasteiger partial charge in [0.05, 0.1) is 0 Å².